The monoisotopic (exact) mass is 311 g/mol. The van der Waals surface area contributed by atoms with E-state index in [1.54, 1.807) is 6.07 Å². The normalized spacial score (nSPS) is 11.7. The van der Waals surface area contributed by atoms with Crippen LogP contribution in [0.15, 0.2) is 29.6 Å². The van der Waals surface area contributed by atoms with Crippen LogP contribution in [0.2, 0.25) is 0 Å². The molecule has 0 bridgehead atoms. The molecular formula is C13H17N3O2S2. The van der Waals surface area contributed by atoms with Crippen molar-refractivity contribution in [3.8, 4) is 0 Å². The highest BCUT2D eigenvalue weighted by Crippen LogP contribution is 2.11. The summed E-state index contributed by atoms with van der Waals surface area (Å²) < 4.78 is 26.6. The first kappa shape index (κ1) is 15.1. The summed E-state index contributed by atoms with van der Waals surface area (Å²) in [5.41, 5.74) is 8.11. The second-order valence-electron chi connectivity index (χ2n) is 4.49. The molecule has 0 atom stereocenters. The van der Waals surface area contributed by atoms with Crippen LogP contribution >= 0.6 is 11.3 Å². The van der Waals surface area contributed by atoms with Gasteiger partial charge in [0, 0.05) is 17.6 Å². The molecule has 1 aromatic heterocycles. The smallest absolute Gasteiger partial charge is 0.216 e. The molecule has 1 heterocycles. The number of nitrogens with one attached hydrogen (secondary N) is 1. The van der Waals surface area contributed by atoms with Gasteiger partial charge >= 0.3 is 0 Å². The zero-order valence-electron chi connectivity index (χ0n) is 11.2. The Hall–Kier alpha value is -1.28. The molecule has 0 amide bonds. The fourth-order valence-electron chi connectivity index (χ4n) is 1.77. The topological polar surface area (TPSA) is 85.1 Å². The molecule has 7 heteroatoms. The Morgan fingerprint density at radius 2 is 2.10 bits per heavy atom. The predicted octanol–water partition coefficient (Wildman–Crippen LogP) is 1.53. The van der Waals surface area contributed by atoms with E-state index in [9.17, 15) is 8.42 Å². The fraction of sp³-hybridized carbons (Fsp3) is 0.308. The van der Waals surface area contributed by atoms with Crippen LogP contribution < -0.4 is 10.5 Å². The van der Waals surface area contributed by atoms with E-state index in [-0.39, 0.29) is 12.3 Å². The maximum absolute atomic E-state index is 12.0. The van der Waals surface area contributed by atoms with E-state index in [1.165, 1.54) is 11.3 Å². The van der Waals surface area contributed by atoms with E-state index in [2.05, 4.69) is 9.71 Å². The number of thiazole rings is 1. The van der Waals surface area contributed by atoms with Crippen LogP contribution in [0, 0.1) is 6.92 Å². The lowest BCUT2D eigenvalue weighted by Crippen LogP contribution is -2.24. The summed E-state index contributed by atoms with van der Waals surface area (Å²) >= 11 is 1.45. The van der Waals surface area contributed by atoms with E-state index >= 15 is 0 Å². The number of nitrogens with two attached hydrogens (primary N) is 1. The van der Waals surface area contributed by atoms with E-state index in [4.69, 9.17) is 5.73 Å². The molecule has 0 unspecified atom stereocenters. The number of hydrogen-bond acceptors (Lipinski definition) is 5. The van der Waals surface area contributed by atoms with Crippen molar-refractivity contribution in [1.82, 2.24) is 9.71 Å². The number of aromatic nitrogens is 1. The molecule has 5 nitrogen and oxygen atoms in total. The number of rotatable bonds is 6. The van der Waals surface area contributed by atoms with Crippen molar-refractivity contribution in [2.24, 2.45) is 5.73 Å². The van der Waals surface area contributed by atoms with E-state index in [0.29, 0.717) is 6.54 Å². The quantitative estimate of drug-likeness (QED) is 0.847. The maximum Gasteiger partial charge on any atom is 0.216 e. The van der Waals surface area contributed by atoms with Gasteiger partial charge in [-0.2, -0.15) is 0 Å². The third-order valence-corrected chi connectivity index (χ3v) is 4.96. The van der Waals surface area contributed by atoms with Crippen molar-refractivity contribution in [1.29, 1.82) is 0 Å². The average molecular weight is 311 g/mol. The van der Waals surface area contributed by atoms with Crippen LogP contribution in [0.5, 0.6) is 0 Å². The first-order chi connectivity index (χ1) is 9.48. The Bertz CT molecular complexity index is 680. The summed E-state index contributed by atoms with van der Waals surface area (Å²) in [6.45, 7) is 2.52. The third kappa shape index (κ3) is 4.38. The van der Waals surface area contributed by atoms with Gasteiger partial charge in [-0.1, -0.05) is 24.3 Å². The molecule has 0 saturated carbocycles. The fourth-order valence-corrected chi connectivity index (χ4v) is 3.65. The van der Waals surface area contributed by atoms with Crippen molar-refractivity contribution in [3.63, 3.8) is 0 Å². The minimum atomic E-state index is -3.37. The minimum Gasteiger partial charge on any atom is -0.326 e. The first-order valence-electron chi connectivity index (χ1n) is 6.15. The Labute approximate surface area is 122 Å². The van der Waals surface area contributed by atoms with Crippen molar-refractivity contribution in [2.45, 2.75) is 25.8 Å². The van der Waals surface area contributed by atoms with Crippen molar-refractivity contribution in [2.75, 3.05) is 0 Å². The molecule has 0 spiro atoms. The van der Waals surface area contributed by atoms with Crippen LogP contribution in [-0.2, 0) is 28.9 Å². The number of sulfonamides is 1. The number of aryl methyl sites for hydroxylation is 1. The zero-order valence-corrected chi connectivity index (χ0v) is 12.8. The van der Waals surface area contributed by atoms with E-state index in [0.717, 1.165) is 21.8 Å². The van der Waals surface area contributed by atoms with Crippen LogP contribution in [0.1, 0.15) is 21.8 Å². The molecule has 108 valence electrons. The summed E-state index contributed by atoms with van der Waals surface area (Å²) in [5.74, 6) is -0.0504. The molecule has 2 rings (SSSR count). The van der Waals surface area contributed by atoms with E-state index < -0.39 is 10.0 Å². The summed E-state index contributed by atoms with van der Waals surface area (Å²) in [6, 6.07) is 7.29. The molecule has 20 heavy (non-hydrogen) atoms. The van der Waals surface area contributed by atoms with Crippen LogP contribution in [0.4, 0.5) is 0 Å². The SMILES string of the molecule is Cc1csc(CNS(=O)(=O)Cc2cccc(CN)c2)n1. The van der Waals surface area contributed by atoms with Gasteiger partial charge in [0.25, 0.3) is 0 Å². The molecular weight excluding hydrogens is 294 g/mol. The van der Waals surface area contributed by atoms with Gasteiger partial charge in [0.2, 0.25) is 10.0 Å². The lowest BCUT2D eigenvalue weighted by Gasteiger charge is -2.06. The minimum absolute atomic E-state index is 0.0504. The van der Waals surface area contributed by atoms with Crippen LogP contribution in [-0.4, -0.2) is 13.4 Å². The maximum atomic E-state index is 12.0. The lowest BCUT2D eigenvalue weighted by molar-refractivity contribution is 0.580. The zero-order chi connectivity index (χ0) is 14.6. The van der Waals surface area contributed by atoms with Crippen molar-refractivity contribution in [3.05, 3.63) is 51.5 Å². The largest absolute Gasteiger partial charge is 0.326 e. The number of nitrogens with zero attached hydrogens (tertiary/aromatic N) is 1. The standard InChI is InChI=1S/C13H17N3O2S2/c1-10-8-19-13(16-10)7-15-20(17,18)9-12-4-2-3-11(5-12)6-14/h2-5,8,15H,6-7,9,14H2,1H3. The lowest BCUT2D eigenvalue weighted by atomic mass is 10.1. The molecule has 0 aliphatic carbocycles. The van der Waals surface area contributed by atoms with Gasteiger partial charge in [0.05, 0.1) is 12.3 Å². The Morgan fingerprint density at radius 1 is 1.35 bits per heavy atom. The predicted molar refractivity (Wildman–Crippen MR) is 80.6 cm³/mol. The molecule has 0 aliphatic rings. The second-order valence-corrected chi connectivity index (χ2v) is 7.24. The Kier molecular flexibility index (Phi) is 4.87. The van der Waals surface area contributed by atoms with Crippen molar-refractivity contribution < 1.29 is 8.42 Å². The summed E-state index contributed by atoms with van der Waals surface area (Å²) in [7, 11) is -3.37. The molecule has 0 saturated heterocycles. The highest BCUT2D eigenvalue weighted by molar-refractivity contribution is 7.88. The van der Waals surface area contributed by atoms with Crippen LogP contribution in [0.3, 0.4) is 0 Å². The van der Waals surface area contributed by atoms with Gasteiger partial charge in [0.1, 0.15) is 5.01 Å². The van der Waals surface area contributed by atoms with Gasteiger partial charge in [0.15, 0.2) is 0 Å². The van der Waals surface area contributed by atoms with Crippen LogP contribution in [0.25, 0.3) is 0 Å². The molecule has 1 aromatic carbocycles. The van der Waals surface area contributed by atoms with Gasteiger partial charge in [-0.25, -0.2) is 18.1 Å². The number of hydrogen-bond donors (Lipinski definition) is 2. The Morgan fingerprint density at radius 3 is 2.75 bits per heavy atom. The van der Waals surface area contributed by atoms with Gasteiger partial charge in [-0.3, -0.25) is 0 Å². The van der Waals surface area contributed by atoms with Gasteiger partial charge in [-0.15, -0.1) is 11.3 Å². The average Bonchev–Trinajstić information content (AvgIpc) is 2.82. The Balaban J connectivity index is 1.99. The summed E-state index contributed by atoms with van der Waals surface area (Å²) in [5, 5.41) is 2.66. The second kappa shape index (κ2) is 6.45. The third-order valence-electron chi connectivity index (χ3n) is 2.69. The van der Waals surface area contributed by atoms with Gasteiger partial charge in [-0.05, 0) is 18.1 Å². The highest BCUT2D eigenvalue weighted by atomic mass is 32.2. The summed E-state index contributed by atoms with van der Waals surface area (Å²) in [6.07, 6.45) is 0. The first-order valence-corrected chi connectivity index (χ1v) is 8.68. The number of benzene rings is 1. The van der Waals surface area contributed by atoms with Gasteiger partial charge < -0.3 is 5.73 Å². The highest BCUT2D eigenvalue weighted by Gasteiger charge is 2.12. The molecule has 2 aromatic rings. The molecule has 0 fully saturated rings. The van der Waals surface area contributed by atoms with Crippen molar-refractivity contribution >= 4 is 21.4 Å². The summed E-state index contributed by atoms with van der Waals surface area (Å²) in [4.78, 5) is 4.22. The molecule has 3 N–H and O–H groups in total. The molecule has 0 aliphatic heterocycles. The van der Waals surface area contributed by atoms with E-state index in [1.807, 2.05) is 30.5 Å². The molecule has 0 radical (unpaired) electrons.